The van der Waals surface area contributed by atoms with Gasteiger partial charge in [-0.1, -0.05) is 0 Å². The van der Waals surface area contributed by atoms with Gasteiger partial charge in [0.2, 0.25) is 0 Å². The van der Waals surface area contributed by atoms with Crippen molar-refractivity contribution in [3.05, 3.63) is 59.7 Å². The predicted octanol–water partition coefficient (Wildman–Crippen LogP) is 3.51. The van der Waals surface area contributed by atoms with E-state index < -0.39 is 30.2 Å². The van der Waals surface area contributed by atoms with Crippen LogP contribution in [0.1, 0.15) is 15.9 Å². The predicted molar refractivity (Wildman–Crippen MR) is 83.4 cm³/mol. The molecule has 0 aliphatic carbocycles. The first-order valence-electron chi connectivity index (χ1n) is 7.08. The van der Waals surface area contributed by atoms with Gasteiger partial charge in [-0.05, 0) is 48.5 Å². The third-order valence-electron chi connectivity index (χ3n) is 3.16. The van der Waals surface area contributed by atoms with Crippen LogP contribution >= 0.6 is 0 Å². The third kappa shape index (κ3) is 5.23. The van der Waals surface area contributed by atoms with Crippen LogP contribution in [0.2, 0.25) is 0 Å². The maximum Gasteiger partial charge on any atom is 0.416 e. The summed E-state index contributed by atoms with van der Waals surface area (Å²) in [5.41, 5.74) is -0.418. The Hall–Kier alpha value is -3.03. The van der Waals surface area contributed by atoms with Gasteiger partial charge in [0.25, 0.3) is 5.91 Å². The normalized spacial score (nSPS) is 10.9. The fourth-order valence-corrected chi connectivity index (χ4v) is 1.88. The Labute approximate surface area is 141 Å². The fourth-order valence-electron chi connectivity index (χ4n) is 1.88. The molecule has 1 amide bonds. The van der Waals surface area contributed by atoms with Gasteiger partial charge in [-0.15, -0.1) is 0 Å². The van der Waals surface area contributed by atoms with Gasteiger partial charge >= 0.3 is 12.1 Å². The van der Waals surface area contributed by atoms with Gasteiger partial charge in [0.05, 0.1) is 18.2 Å². The van der Waals surface area contributed by atoms with Crippen molar-refractivity contribution in [2.75, 3.05) is 19.0 Å². The zero-order valence-electron chi connectivity index (χ0n) is 13.1. The highest BCUT2D eigenvalue weighted by Gasteiger charge is 2.29. The van der Waals surface area contributed by atoms with Crippen molar-refractivity contribution >= 4 is 17.6 Å². The number of nitrogens with one attached hydrogen (secondary N) is 1. The number of halogens is 3. The maximum absolute atomic E-state index is 12.4. The van der Waals surface area contributed by atoms with Crippen LogP contribution in [0.15, 0.2) is 48.5 Å². The van der Waals surface area contributed by atoms with Gasteiger partial charge in [-0.25, -0.2) is 4.79 Å². The molecular formula is C17H14F3NO4. The lowest BCUT2D eigenvalue weighted by Gasteiger charge is -2.09. The number of carbonyl (C=O) groups excluding carboxylic acids is 2. The highest BCUT2D eigenvalue weighted by Crippen LogP contribution is 2.29. The number of ether oxygens (including phenoxy) is 2. The molecular weight excluding hydrogens is 339 g/mol. The molecule has 0 aliphatic heterocycles. The topological polar surface area (TPSA) is 64.6 Å². The van der Waals surface area contributed by atoms with E-state index in [9.17, 15) is 22.8 Å². The summed E-state index contributed by atoms with van der Waals surface area (Å²) in [6.07, 6.45) is -4.45. The van der Waals surface area contributed by atoms with Crippen LogP contribution in [-0.4, -0.2) is 25.6 Å². The summed E-state index contributed by atoms with van der Waals surface area (Å²) in [5, 5.41) is 2.34. The maximum atomic E-state index is 12.4. The summed E-state index contributed by atoms with van der Waals surface area (Å²) in [5.74, 6) is -0.802. The molecule has 0 atom stereocenters. The second-order valence-corrected chi connectivity index (χ2v) is 4.93. The van der Waals surface area contributed by atoms with E-state index in [1.54, 1.807) is 12.1 Å². The number of benzene rings is 2. The number of alkyl halides is 3. The van der Waals surface area contributed by atoms with Crippen molar-refractivity contribution in [2.45, 2.75) is 6.18 Å². The summed E-state index contributed by atoms with van der Waals surface area (Å²) in [7, 11) is 1.49. The largest absolute Gasteiger partial charge is 0.497 e. The van der Waals surface area contributed by atoms with Gasteiger partial charge in [-0.3, -0.25) is 4.79 Å². The number of anilines is 1. The number of hydrogen-bond donors (Lipinski definition) is 1. The van der Waals surface area contributed by atoms with Crippen molar-refractivity contribution in [2.24, 2.45) is 0 Å². The average molecular weight is 353 g/mol. The zero-order chi connectivity index (χ0) is 18.4. The summed E-state index contributed by atoms with van der Waals surface area (Å²) in [6.45, 7) is -0.564. The van der Waals surface area contributed by atoms with Crippen LogP contribution in [-0.2, 0) is 15.7 Å². The number of esters is 1. The number of methoxy groups -OCH3 is 1. The van der Waals surface area contributed by atoms with Gasteiger partial charge in [0.1, 0.15) is 5.75 Å². The quantitative estimate of drug-likeness (QED) is 0.836. The minimum Gasteiger partial charge on any atom is -0.497 e. The number of rotatable bonds is 5. The second-order valence-electron chi connectivity index (χ2n) is 4.93. The van der Waals surface area contributed by atoms with Crippen molar-refractivity contribution in [3.8, 4) is 5.75 Å². The molecule has 0 saturated heterocycles. The molecule has 8 heteroatoms. The van der Waals surface area contributed by atoms with E-state index in [2.05, 4.69) is 5.32 Å². The van der Waals surface area contributed by atoms with E-state index >= 15 is 0 Å². The third-order valence-corrected chi connectivity index (χ3v) is 3.16. The molecule has 0 bridgehead atoms. The lowest BCUT2D eigenvalue weighted by Crippen LogP contribution is -2.21. The average Bonchev–Trinajstić information content (AvgIpc) is 2.59. The summed E-state index contributed by atoms with van der Waals surface area (Å²) >= 11 is 0. The Morgan fingerprint density at radius 3 is 2.12 bits per heavy atom. The monoisotopic (exact) mass is 353 g/mol. The van der Waals surface area contributed by atoms with Crippen LogP contribution in [0.5, 0.6) is 5.75 Å². The van der Waals surface area contributed by atoms with E-state index in [1.165, 1.54) is 19.2 Å². The first-order chi connectivity index (χ1) is 11.8. The molecule has 0 aromatic heterocycles. The first kappa shape index (κ1) is 18.3. The van der Waals surface area contributed by atoms with E-state index in [1.807, 2.05) is 0 Å². The minimum absolute atomic E-state index is 0.165. The van der Waals surface area contributed by atoms with E-state index in [4.69, 9.17) is 9.47 Å². The molecule has 25 heavy (non-hydrogen) atoms. The number of carbonyl (C=O) groups is 2. The smallest absolute Gasteiger partial charge is 0.416 e. The van der Waals surface area contributed by atoms with Crippen LogP contribution in [0.4, 0.5) is 18.9 Å². The van der Waals surface area contributed by atoms with Gasteiger partial charge in [-0.2, -0.15) is 13.2 Å². The Morgan fingerprint density at radius 1 is 1.00 bits per heavy atom. The van der Waals surface area contributed by atoms with Crippen LogP contribution in [0.25, 0.3) is 0 Å². The lowest BCUT2D eigenvalue weighted by atomic mass is 10.2. The number of hydrogen-bond acceptors (Lipinski definition) is 4. The van der Waals surface area contributed by atoms with Gasteiger partial charge in [0.15, 0.2) is 6.61 Å². The van der Waals surface area contributed by atoms with Crippen molar-refractivity contribution in [1.82, 2.24) is 0 Å². The summed E-state index contributed by atoms with van der Waals surface area (Å²) < 4.78 is 47.1. The lowest BCUT2D eigenvalue weighted by molar-refractivity contribution is -0.137. The zero-order valence-corrected chi connectivity index (χ0v) is 13.1. The molecule has 5 nitrogen and oxygen atoms in total. The molecule has 0 heterocycles. The van der Waals surface area contributed by atoms with Crippen LogP contribution in [0.3, 0.4) is 0 Å². The van der Waals surface area contributed by atoms with Gasteiger partial charge in [0, 0.05) is 5.69 Å². The van der Waals surface area contributed by atoms with Crippen LogP contribution < -0.4 is 10.1 Å². The molecule has 0 unspecified atom stereocenters. The molecule has 0 saturated carbocycles. The Balaban J connectivity index is 1.86. The molecule has 1 N–H and O–H groups in total. The number of amides is 1. The molecule has 2 aromatic carbocycles. The fraction of sp³-hybridized carbons (Fsp3) is 0.176. The molecule has 132 valence electrons. The highest BCUT2D eigenvalue weighted by atomic mass is 19.4. The van der Waals surface area contributed by atoms with E-state index in [0.717, 1.165) is 24.3 Å². The molecule has 0 spiro atoms. The molecule has 2 aromatic rings. The SMILES string of the molecule is COc1ccc(C(=O)OCC(=O)Nc2ccc(C(F)(F)F)cc2)cc1. The molecule has 0 fully saturated rings. The van der Waals surface area contributed by atoms with Gasteiger partial charge < -0.3 is 14.8 Å². The first-order valence-corrected chi connectivity index (χ1v) is 7.08. The second kappa shape index (κ2) is 7.69. The Morgan fingerprint density at radius 2 is 1.60 bits per heavy atom. The minimum atomic E-state index is -4.45. The van der Waals surface area contributed by atoms with Crippen molar-refractivity contribution in [1.29, 1.82) is 0 Å². The summed E-state index contributed by atoms with van der Waals surface area (Å²) in [4.78, 5) is 23.5. The highest BCUT2D eigenvalue weighted by molar-refractivity contribution is 5.95. The standard InChI is InChI=1S/C17H14F3NO4/c1-24-14-8-2-11(3-9-14)16(23)25-10-15(22)21-13-6-4-12(5-7-13)17(18,19)20/h2-9H,10H2,1H3,(H,21,22). The van der Waals surface area contributed by atoms with Crippen molar-refractivity contribution in [3.63, 3.8) is 0 Å². The van der Waals surface area contributed by atoms with Crippen LogP contribution in [0, 0.1) is 0 Å². The Bertz CT molecular complexity index is 740. The van der Waals surface area contributed by atoms with E-state index in [0.29, 0.717) is 5.75 Å². The molecule has 2 rings (SSSR count). The van der Waals surface area contributed by atoms with E-state index in [-0.39, 0.29) is 11.3 Å². The molecule has 0 aliphatic rings. The summed E-state index contributed by atoms with van der Waals surface area (Å²) in [6, 6.07) is 10.0. The molecule has 0 radical (unpaired) electrons. The van der Waals surface area contributed by atoms with Crippen molar-refractivity contribution < 1.29 is 32.2 Å². The Kier molecular flexibility index (Phi) is 5.63.